The highest BCUT2D eigenvalue weighted by atomic mass is 16.3. The molecule has 74 valence electrons. The van der Waals surface area contributed by atoms with Crippen LogP contribution in [0.2, 0.25) is 0 Å². The van der Waals surface area contributed by atoms with E-state index in [0.29, 0.717) is 0 Å². The van der Waals surface area contributed by atoms with E-state index in [1.165, 1.54) is 0 Å². The first-order chi connectivity index (χ1) is 6.83. The van der Waals surface area contributed by atoms with Crippen molar-refractivity contribution in [1.29, 1.82) is 0 Å². The normalized spacial score (nSPS) is 13.0. The summed E-state index contributed by atoms with van der Waals surface area (Å²) in [4.78, 5) is 0. The van der Waals surface area contributed by atoms with Gasteiger partial charge in [-0.3, -0.25) is 0 Å². The number of rotatable bonds is 3. The van der Waals surface area contributed by atoms with E-state index in [-0.39, 0.29) is 6.04 Å². The van der Waals surface area contributed by atoms with Crippen LogP contribution >= 0.6 is 0 Å². The van der Waals surface area contributed by atoms with Gasteiger partial charge in [0.1, 0.15) is 11.8 Å². The zero-order valence-corrected chi connectivity index (χ0v) is 7.92. The molecule has 14 heavy (non-hydrogen) atoms. The lowest BCUT2D eigenvalue weighted by Gasteiger charge is -2.08. The summed E-state index contributed by atoms with van der Waals surface area (Å²) in [6.45, 7) is 2.75. The van der Waals surface area contributed by atoms with Gasteiger partial charge in [-0.05, 0) is 19.1 Å². The van der Waals surface area contributed by atoms with Crippen LogP contribution in [-0.4, -0.2) is 15.0 Å². The average Bonchev–Trinajstić information content (AvgIpc) is 2.87. The molecule has 0 fully saturated rings. The van der Waals surface area contributed by atoms with Crippen LogP contribution in [0.1, 0.15) is 24.4 Å². The molecule has 0 radical (unpaired) electrons. The maximum absolute atomic E-state index is 5.99. The van der Waals surface area contributed by atoms with Gasteiger partial charge in [-0.15, -0.1) is 5.10 Å². The summed E-state index contributed by atoms with van der Waals surface area (Å²) in [7, 11) is 0. The van der Waals surface area contributed by atoms with Gasteiger partial charge in [-0.25, -0.2) is 4.68 Å². The first-order valence-corrected chi connectivity index (χ1v) is 4.50. The van der Waals surface area contributed by atoms with Gasteiger partial charge in [0, 0.05) is 6.54 Å². The fraction of sp³-hybridized carbons (Fsp3) is 0.333. The fourth-order valence-electron chi connectivity index (χ4n) is 1.37. The van der Waals surface area contributed by atoms with E-state index in [9.17, 15) is 0 Å². The van der Waals surface area contributed by atoms with Gasteiger partial charge in [-0.2, -0.15) is 0 Å². The van der Waals surface area contributed by atoms with Gasteiger partial charge < -0.3 is 10.2 Å². The van der Waals surface area contributed by atoms with Crippen LogP contribution in [0.25, 0.3) is 0 Å². The fourth-order valence-corrected chi connectivity index (χ4v) is 1.37. The minimum absolute atomic E-state index is 0.292. The summed E-state index contributed by atoms with van der Waals surface area (Å²) in [5, 5.41) is 7.73. The molecule has 2 heterocycles. The molecular formula is C9H12N4O. The van der Waals surface area contributed by atoms with Crippen molar-refractivity contribution in [2.24, 2.45) is 5.73 Å². The van der Waals surface area contributed by atoms with Gasteiger partial charge in [0.25, 0.3) is 0 Å². The molecule has 0 bridgehead atoms. The molecule has 1 atom stereocenters. The van der Waals surface area contributed by atoms with E-state index in [1.807, 2.05) is 19.1 Å². The minimum Gasteiger partial charge on any atom is -0.467 e. The number of hydrogen-bond acceptors (Lipinski definition) is 4. The Morgan fingerprint density at radius 3 is 3.14 bits per heavy atom. The third-order valence-electron chi connectivity index (χ3n) is 2.12. The molecule has 0 saturated carbocycles. The van der Waals surface area contributed by atoms with Crippen molar-refractivity contribution in [3.8, 4) is 0 Å². The maximum atomic E-state index is 5.99. The van der Waals surface area contributed by atoms with Crippen LogP contribution in [0.4, 0.5) is 0 Å². The Bertz CT molecular complexity index is 393. The second-order valence-corrected chi connectivity index (χ2v) is 2.97. The van der Waals surface area contributed by atoms with E-state index in [0.717, 1.165) is 18.0 Å². The van der Waals surface area contributed by atoms with Crippen LogP contribution in [-0.2, 0) is 6.54 Å². The van der Waals surface area contributed by atoms with Gasteiger partial charge in [0.05, 0.1) is 18.2 Å². The lowest BCUT2D eigenvalue weighted by molar-refractivity contribution is 0.472. The molecule has 0 amide bonds. The molecule has 1 unspecified atom stereocenters. The molecule has 5 heteroatoms. The number of aryl methyl sites for hydroxylation is 1. The molecule has 2 N–H and O–H groups in total. The highest BCUT2D eigenvalue weighted by Crippen LogP contribution is 2.18. The predicted octanol–water partition coefficient (Wildman–Crippen LogP) is 0.939. The van der Waals surface area contributed by atoms with Crippen LogP contribution < -0.4 is 5.73 Å². The van der Waals surface area contributed by atoms with Crippen LogP contribution in [0.15, 0.2) is 29.0 Å². The Kier molecular flexibility index (Phi) is 2.32. The smallest absolute Gasteiger partial charge is 0.126 e. The molecule has 2 aromatic rings. The zero-order chi connectivity index (χ0) is 9.97. The van der Waals surface area contributed by atoms with Gasteiger partial charge in [0.15, 0.2) is 0 Å². The Morgan fingerprint density at radius 1 is 1.64 bits per heavy atom. The quantitative estimate of drug-likeness (QED) is 0.785. The number of aromatic nitrogens is 3. The van der Waals surface area contributed by atoms with Crippen LogP contribution in [0.3, 0.4) is 0 Å². The Balaban J connectivity index is 2.31. The lowest BCUT2D eigenvalue weighted by atomic mass is 10.2. The first-order valence-electron chi connectivity index (χ1n) is 4.50. The summed E-state index contributed by atoms with van der Waals surface area (Å²) in [5.74, 6) is 0.724. The summed E-state index contributed by atoms with van der Waals surface area (Å²) in [5.41, 5.74) is 6.85. The van der Waals surface area contributed by atoms with E-state index >= 15 is 0 Å². The summed E-state index contributed by atoms with van der Waals surface area (Å²) in [6, 6.07) is 3.37. The summed E-state index contributed by atoms with van der Waals surface area (Å²) >= 11 is 0. The van der Waals surface area contributed by atoms with Crippen molar-refractivity contribution in [3.63, 3.8) is 0 Å². The molecule has 0 aromatic carbocycles. The molecule has 0 aliphatic heterocycles. The Hall–Kier alpha value is -1.62. The minimum atomic E-state index is -0.292. The monoisotopic (exact) mass is 192 g/mol. The third-order valence-corrected chi connectivity index (χ3v) is 2.12. The molecule has 0 aliphatic rings. The topological polar surface area (TPSA) is 69.9 Å². The second-order valence-electron chi connectivity index (χ2n) is 2.97. The van der Waals surface area contributed by atoms with Crippen molar-refractivity contribution >= 4 is 0 Å². The average molecular weight is 192 g/mol. The Labute approximate surface area is 81.5 Å². The van der Waals surface area contributed by atoms with Crippen molar-refractivity contribution in [3.05, 3.63) is 36.0 Å². The lowest BCUT2D eigenvalue weighted by Crippen LogP contribution is -2.16. The highest BCUT2D eigenvalue weighted by molar-refractivity contribution is 5.16. The molecular weight excluding hydrogens is 180 g/mol. The SMILES string of the molecule is CCn1nncc1C(N)c1ccco1. The van der Waals surface area contributed by atoms with Gasteiger partial charge >= 0.3 is 0 Å². The summed E-state index contributed by atoms with van der Waals surface area (Å²) < 4.78 is 6.98. The van der Waals surface area contributed by atoms with E-state index < -0.39 is 0 Å². The van der Waals surface area contributed by atoms with Crippen LogP contribution in [0.5, 0.6) is 0 Å². The van der Waals surface area contributed by atoms with Crippen molar-refractivity contribution in [2.75, 3.05) is 0 Å². The standard InChI is InChI=1S/C9H12N4O/c1-2-13-7(6-11-12-13)9(10)8-4-3-5-14-8/h3-6,9H,2,10H2,1H3. The second kappa shape index (κ2) is 3.63. The maximum Gasteiger partial charge on any atom is 0.126 e. The molecule has 0 spiro atoms. The van der Waals surface area contributed by atoms with Gasteiger partial charge in [0.2, 0.25) is 0 Å². The molecule has 0 saturated heterocycles. The largest absolute Gasteiger partial charge is 0.467 e. The molecule has 5 nitrogen and oxygen atoms in total. The highest BCUT2D eigenvalue weighted by Gasteiger charge is 2.16. The zero-order valence-electron chi connectivity index (χ0n) is 7.92. The van der Waals surface area contributed by atoms with E-state index in [2.05, 4.69) is 10.3 Å². The van der Waals surface area contributed by atoms with Crippen LogP contribution in [0, 0.1) is 0 Å². The Morgan fingerprint density at radius 2 is 2.50 bits per heavy atom. The molecule has 2 rings (SSSR count). The first kappa shape index (κ1) is 8.96. The van der Waals surface area contributed by atoms with E-state index in [4.69, 9.17) is 10.2 Å². The summed E-state index contributed by atoms with van der Waals surface area (Å²) in [6.07, 6.45) is 3.27. The number of nitrogens with zero attached hydrogens (tertiary/aromatic N) is 3. The number of furan rings is 1. The van der Waals surface area contributed by atoms with E-state index in [1.54, 1.807) is 17.1 Å². The predicted molar refractivity (Wildman–Crippen MR) is 50.4 cm³/mol. The van der Waals surface area contributed by atoms with Crippen molar-refractivity contribution in [2.45, 2.75) is 19.5 Å². The number of nitrogens with two attached hydrogens (primary N) is 1. The molecule has 2 aromatic heterocycles. The number of hydrogen-bond donors (Lipinski definition) is 1. The van der Waals surface area contributed by atoms with Crippen molar-refractivity contribution in [1.82, 2.24) is 15.0 Å². The van der Waals surface area contributed by atoms with Crippen molar-refractivity contribution < 1.29 is 4.42 Å². The molecule has 0 aliphatic carbocycles. The third kappa shape index (κ3) is 1.42. The van der Waals surface area contributed by atoms with Gasteiger partial charge in [-0.1, -0.05) is 5.21 Å².